The van der Waals surface area contributed by atoms with Crippen LogP contribution in [0.5, 0.6) is 0 Å². The number of amides is 1. The zero-order chi connectivity index (χ0) is 14.7. The highest BCUT2D eigenvalue weighted by Gasteiger charge is 2.08. The smallest absolute Gasteiger partial charge is 0.261 e. The van der Waals surface area contributed by atoms with Gasteiger partial charge in [-0.2, -0.15) is 5.10 Å². The Bertz CT molecular complexity index is 791. The SMILES string of the molecule is C/C(=N/NC(=O)Cn1nnc2ccccc21)c1cccs1. The van der Waals surface area contributed by atoms with Gasteiger partial charge in [-0.3, -0.25) is 4.79 Å². The van der Waals surface area contributed by atoms with E-state index in [1.807, 2.05) is 48.7 Å². The number of para-hydroxylation sites is 1. The zero-order valence-electron chi connectivity index (χ0n) is 11.4. The molecule has 0 aliphatic rings. The summed E-state index contributed by atoms with van der Waals surface area (Å²) in [5.41, 5.74) is 4.91. The van der Waals surface area contributed by atoms with E-state index in [9.17, 15) is 4.79 Å². The number of aromatic nitrogens is 3. The number of nitrogens with one attached hydrogen (secondary N) is 1. The fraction of sp³-hybridized carbons (Fsp3) is 0.143. The third kappa shape index (κ3) is 2.97. The van der Waals surface area contributed by atoms with E-state index in [-0.39, 0.29) is 12.5 Å². The van der Waals surface area contributed by atoms with E-state index in [1.165, 1.54) is 0 Å². The maximum absolute atomic E-state index is 11.9. The highest BCUT2D eigenvalue weighted by atomic mass is 32.1. The van der Waals surface area contributed by atoms with Crippen LogP contribution in [0.15, 0.2) is 46.9 Å². The molecule has 0 radical (unpaired) electrons. The number of fused-ring (bicyclic) bond motifs is 1. The highest BCUT2D eigenvalue weighted by molar-refractivity contribution is 7.12. The minimum Gasteiger partial charge on any atom is -0.271 e. The third-order valence-corrected chi connectivity index (χ3v) is 3.92. The van der Waals surface area contributed by atoms with Crippen molar-refractivity contribution < 1.29 is 4.79 Å². The molecule has 21 heavy (non-hydrogen) atoms. The van der Waals surface area contributed by atoms with Crippen LogP contribution in [-0.4, -0.2) is 26.6 Å². The van der Waals surface area contributed by atoms with Crippen LogP contribution in [0.1, 0.15) is 11.8 Å². The molecular formula is C14H13N5OS. The van der Waals surface area contributed by atoms with Gasteiger partial charge in [-0.25, -0.2) is 10.1 Å². The Morgan fingerprint density at radius 2 is 2.19 bits per heavy atom. The van der Waals surface area contributed by atoms with E-state index in [4.69, 9.17) is 0 Å². The van der Waals surface area contributed by atoms with E-state index >= 15 is 0 Å². The van der Waals surface area contributed by atoms with Crippen LogP contribution in [0.2, 0.25) is 0 Å². The fourth-order valence-electron chi connectivity index (χ4n) is 1.89. The Morgan fingerprint density at radius 1 is 1.33 bits per heavy atom. The van der Waals surface area contributed by atoms with E-state index < -0.39 is 0 Å². The first-order valence-corrected chi connectivity index (χ1v) is 7.27. The standard InChI is InChI=1S/C14H13N5OS/c1-10(13-7-4-8-21-13)15-17-14(20)9-19-12-6-3-2-5-11(12)16-18-19/h2-8H,9H2,1H3,(H,17,20)/b15-10-. The van der Waals surface area contributed by atoms with Gasteiger partial charge in [0.05, 0.1) is 11.2 Å². The number of carbonyl (C=O) groups is 1. The predicted octanol–water partition coefficient (Wildman–Crippen LogP) is 2.03. The molecule has 0 spiro atoms. The summed E-state index contributed by atoms with van der Waals surface area (Å²) in [6.45, 7) is 1.94. The largest absolute Gasteiger partial charge is 0.271 e. The molecule has 0 unspecified atom stereocenters. The molecule has 0 fully saturated rings. The molecule has 0 bridgehead atoms. The van der Waals surface area contributed by atoms with Crippen LogP contribution in [0.3, 0.4) is 0 Å². The Labute approximate surface area is 125 Å². The van der Waals surface area contributed by atoms with Crippen molar-refractivity contribution >= 4 is 34.0 Å². The second-order valence-electron chi connectivity index (χ2n) is 4.45. The average molecular weight is 299 g/mol. The molecule has 2 heterocycles. The Kier molecular flexibility index (Phi) is 3.74. The average Bonchev–Trinajstić information content (AvgIpc) is 3.15. The first-order chi connectivity index (χ1) is 10.2. The molecule has 3 aromatic rings. The Morgan fingerprint density at radius 3 is 3.00 bits per heavy atom. The van der Waals surface area contributed by atoms with Gasteiger partial charge in [0.15, 0.2) is 0 Å². The summed E-state index contributed by atoms with van der Waals surface area (Å²) in [5.74, 6) is -0.235. The fourth-order valence-corrected chi connectivity index (χ4v) is 2.57. The van der Waals surface area contributed by atoms with Gasteiger partial charge >= 0.3 is 0 Å². The van der Waals surface area contributed by atoms with Crippen LogP contribution in [-0.2, 0) is 11.3 Å². The number of hydrogen-bond acceptors (Lipinski definition) is 5. The lowest BCUT2D eigenvalue weighted by Gasteiger charge is -2.02. The number of carbonyl (C=O) groups excluding carboxylic acids is 1. The van der Waals surface area contributed by atoms with Gasteiger partial charge in [-0.15, -0.1) is 16.4 Å². The summed E-state index contributed by atoms with van der Waals surface area (Å²) in [6, 6.07) is 11.4. The Balaban J connectivity index is 1.68. The monoisotopic (exact) mass is 299 g/mol. The van der Waals surface area contributed by atoms with E-state index in [1.54, 1.807) is 16.0 Å². The molecule has 1 amide bonds. The van der Waals surface area contributed by atoms with Gasteiger partial charge < -0.3 is 0 Å². The van der Waals surface area contributed by atoms with Crippen LogP contribution >= 0.6 is 11.3 Å². The summed E-state index contributed by atoms with van der Waals surface area (Å²) in [4.78, 5) is 13.0. The maximum Gasteiger partial charge on any atom is 0.261 e. The molecule has 0 aliphatic heterocycles. The van der Waals surface area contributed by atoms with Crippen molar-refractivity contribution in [3.63, 3.8) is 0 Å². The molecule has 0 atom stereocenters. The van der Waals surface area contributed by atoms with Gasteiger partial charge in [0.2, 0.25) is 0 Å². The normalized spacial score (nSPS) is 11.8. The van der Waals surface area contributed by atoms with Crippen LogP contribution in [0.4, 0.5) is 0 Å². The van der Waals surface area contributed by atoms with Gasteiger partial charge in [-0.1, -0.05) is 23.4 Å². The van der Waals surface area contributed by atoms with Crippen molar-refractivity contribution in [2.75, 3.05) is 0 Å². The Hall–Kier alpha value is -2.54. The molecule has 3 rings (SSSR count). The number of rotatable bonds is 4. The molecule has 1 N–H and O–H groups in total. The van der Waals surface area contributed by atoms with Crippen molar-refractivity contribution in [1.82, 2.24) is 20.4 Å². The summed E-state index contributed by atoms with van der Waals surface area (Å²) < 4.78 is 1.56. The molecule has 0 saturated heterocycles. The summed E-state index contributed by atoms with van der Waals surface area (Å²) in [6.07, 6.45) is 0. The predicted molar refractivity (Wildman–Crippen MR) is 82.2 cm³/mol. The van der Waals surface area contributed by atoms with E-state index in [0.717, 1.165) is 21.6 Å². The third-order valence-electron chi connectivity index (χ3n) is 2.94. The molecule has 1 aromatic carbocycles. The summed E-state index contributed by atoms with van der Waals surface area (Å²) in [5, 5.41) is 14.0. The molecule has 6 nitrogen and oxygen atoms in total. The van der Waals surface area contributed by atoms with Crippen LogP contribution in [0, 0.1) is 0 Å². The van der Waals surface area contributed by atoms with Crippen molar-refractivity contribution in [3.05, 3.63) is 46.7 Å². The van der Waals surface area contributed by atoms with Crippen LogP contribution in [0.25, 0.3) is 11.0 Å². The lowest BCUT2D eigenvalue weighted by molar-refractivity contribution is -0.121. The lowest BCUT2D eigenvalue weighted by Crippen LogP contribution is -2.24. The van der Waals surface area contributed by atoms with Gasteiger partial charge in [-0.05, 0) is 30.5 Å². The maximum atomic E-state index is 11.9. The number of thiophene rings is 1. The zero-order valence-corrected chi connectivity index (χ0v) is 12.2. The molecule has 0 aliphatic carbocycles. The van der Waals surface area contributed by atoms with E-state index in [0.29, 0.717) is 0 Å². The summed E-state index contributed by atoms with van der Waals surface area (Å²) in [7, 11) is 0. The highest BCUT2D eigenvalue weighted by Crippen LogP contribution is 2.10. The van der Waals surface area contributed by atoms with Crippen molar-refractivity contribution in [2.45, 2.75) is 13.5 Å². The van der Waals surface area contributed by atoms with E-state index in [2.05, 4.69) is 20.8 Å². The number of hydrogen-bond donors (Lipinski definition) is 1. The quantitative estimate of drug-likeness (QED) is 0.592. The number of hydrazone groups is 1. The second kappa shape index (κ2) is 5.84. The topological polar surface area (TPSA) is 72.2 Å². The van der Waals surface area contributed by atoms with Gasteiger partial charge in [0.1, 0.15) is 12.1 Å². The van der Waals surface area contributed by atoms with Gasteiger partial charge in [0, 0.05) is 4.88 Å². The number of benzene rings is 1. The molecule has 7 heteroatoms. The lowest BCUT2D eigenvalue weighted by atomic mass is 10.3. The van der Waals surface area contributed by atoms with Crippen molar-refractivity contribution in [2.24, 2.45) is 5.10 Å². The molecule has 106 valence electrons. The molecule has 2 aromatic heterocycles. The van der Waals surface area contributed by atoms with Crippen molar-refractivity contribution in [3.8, 4) is 0 Å². The second-order valence-corrected chi connectivity index (χ2v) is 5.39. The summed E-state index contributed by atoms with van der Waals surface area (Å²) >= 11 is 1.58. The first kappa shape index (κ1) is 13.4. The first-order valence-electron chi connectivity index (χ1n) is 6.39. The minimum absolute atomic E-state index is 0.0851. The van der Waals surface area contributed by atoms with Crippen LogP contribution < -0.4 is 5.43 Å². The molecular weight excluding hydrogens is 286 g/mol. The minimum atomic E-state index is -0.235. The number of nitrogens with zero attached hydrogens (tertiary/aromatic N) is 4. The molecule has 0 saturated carbocycles. The van der Waals surface area contributed by atoms with Gasteiger partial charge in [0.25, 0.3) is 5.91 Å². The van der Waals surface area contributed by atoms with Crippen molar-refractivity contribution in [1.29, 1.82) is 0 Å².